The molecule has 7 heteroatoms. The molecule has 2 aromatic rings. The SMILES string of the molecule is Cc1noc(-c2cnc(N(C)C)nc2[C@@H]2CCCCN2C(=O)CC(C)(C)C)c1C. The maximum absolute atomic E-state index is 13.2. The number of likely N-dealkylation sites (tertiary alicyclic amines) is 1. The number of piperidine rings is 1. The van der Waals surface area contributed by atoms with Crippen LogP contribution in [0, 0.1) is 19.3 Å². The highest BCUT2D eigenvalue weighted by molar-refractivity contribution is 5.78. The number of aryl methyl sites for hydroxylation is 1. The van der Waals surface area contributed by atoms with E-state index in [0.717, 1.165) is 48.3 Å². The molecule has 0 aliphatic carbocycles. The first-order chi connectivity index (χ1) is 13.6. The van der Waals surface area contributed by atoms with E-state index in [1.807, 2.05) is 43.9 Å². The van der Waals surface area contributed by atoms with Crippen molar-refractivity contribution >= 4 is 11.9 Å². The van der Waals surface area contributed by atoms with Crippen LogP contribution < -0.4 is 4.90 Å². The molecule has 1 fully saturated rings. The van der Waals surface area contributed by atoms with Gasteiger partial charge in [0.15, 0.2) is 5.76 Å². The molecule has 3 heterocycles. The van der Waals surface area contributed by atoms with E-state index >= 15 is 0 Å². The Balaban J connectivity index is 2.09. The maximum atomic E-state index is 13.2. The van der Waals surface area contributed by atoms with Crippen LogP contribution in [-0.4, -0.2) is 46.6 Å². The molecule has 1 amide bonds. The summed E-state index contributed by atoms with van der Waals surface area (Å²) in [5.74, 6) is 1.51. The van der Waals surface area contributed by atoms with Gasteiger partial charge in [0.1, 0.15) is 0 Å². The molecule has 0 N–H and O–H groups in total. The predicted molar refractivity (Wildman–Crippen MR) is 114 cm³/mol. The fraction of sp³-hybridized carbons (Fsp3) is 0.636. The van der Waals surface area contributed by atoms with Crippen molar-refractivity contribution in [3.05, 3.63) is 23.1 Å². The van der Waals surface area contributed by atoms with E-state index in [-0.39, 0.29) is 17.4 Å². The third-order valence-electron chi connectivity index (χ3n) is 5.43. The highest BCUT2D eigenvalue weighted by atomic mass is 16.5. The second-order valence-corrected chi connectivity index (χ2v) is 9.42. The Hall–Kier alpha value is -2.44. The van der Waals surface area contributed by atoms with Crippen LogP contribution in [0.4, 0.5) is 5.95 Å². The zero-order valence-corrected chi connectivity index (χ0v) is 18.7. The van der Waals surface area contributed by atoms with Crippen LogP contribution in [0.1, 0.15) is 69.4 Å². The molecule has 7 nitrogen and oxygen atoms in total. The van der Waals surface area contributed by atoms with Crippen molar-refractivity contribution in [1.29, 1.82) is 0 Å². The van der Waals surface area contributed by atoms with Crippen molar-refractivity contribution < 1.29 is 9.32 Å². The van der Waals surface area contributed by atoms with Gasteiger partial charge in [0, 0.05) is 38.8 Å². The van der Waals surface area contributed by atoms with Gasteiger partial charge in [-0.05, 0) is 38.5 Å². The number of hydrogen-bond donors (Lipinski definition) is 0. The molecule has 0 aromatic carbocycles. The van der Waals surface area contributed by atoms with E-state index in [1.54, 1.807) is 0 Å². The van der Waals surface area contributed by atoms with Crippen molar-refractivity contribution in [1.82, 2.24) is 20.0 Å². The van der Waals surface area contributed by atoms with Crippen molar-refractivity contribution in [2.45, 2.75) is 66.3 Å². The number of anilines is 1. The zero-order chi connectivity index (χ0) is 21.3. The number of rotatable bonds is 4. The summed E-state index contributed by atoms with van der Waals surface area (Å²) in [6, 6.07) is -0.0832. The van der Waals surface area contributed by atoms with Crippen LogP contribution in [0.2, 0.25) is 0 Å². The van der Waals surface area contributed by atoms with Gasteiger partial charge in [0.2, 0.25) is 11.9 Å². The normalized spacial score (nSPS) is 17.5. The number of amides is 1. The lowest BCUT2D eigenvalue weighted by atomic mass is 9.89. The Labute approximate surface area is 173 Å². The summed E-state index contributed by atoms with van der Waals surface area (Å²) in [5.41, 5.74) is 3.46. The van der Waals surface area contributed by atoms with E-state index in [2.05, 4.69) is 30.9 Å². The average molecular weight is 400 g/mol. The fourth-order valence-corrected chi connectivity index (χ4v) is 3.77. The highest BCUT2D eigenvalue weighted by Gasteiger charge is 2.34. The van der Waals surface area contributed by atoms with Gasteiger partial charge >= 0.3 is 0 Å². The number of nitrogens with zero attached hydrogens (tertiary/aromatic N) is 5. The van der Waals surface area contributed by atoms with Crippen molar-refractivity contribution in [3.8, 4) is 11.3 Å². The number of carbonyl (C=O) groups is 1. The van der Waals surface area contributed by atoms with Gasteiger partial charge in [-0.3, -0.25) is 4.79 Å². The average Bonchev–Trinajstić information content (AvgIpc) is 2.98. The molecule has 0 saturated carbocycles. The standard InChI is InChI=1S/C22H33N5O2/c1-14-15(2)25-29-20(14)16-13-23-21(26(6)7)24-19(16)17-10-8-9-11-27(17)18(28)12-22(3,4)5/h13,17H,8-12H2,1-7H3/t17-/m0/s1. The lowest BCUT2D eigenvalue weighted by molar-refractivity contribution is -0.137. The molecule has 0 unspecified atom stereocenters. The van der Waals surface area contributed by atoms with Crippen molar-refractivity contribution in [2.75, 3.05) is 25.5 Å². The Morgan fingerprint density at radius 2 is 2.00 bits per heavy atom. The molecular weight excluding hydrogens is 366 g/mol. The number of hydrogen-bond acceptors (Lipinski definition) is 6. The van der Waals surface area contributed by atoms with E-state index in [0.29, 0.717) is 18.1 Å². The molecule has 1 aliphatic rings. The molecule has 29 heavy (non-hydrogen) atoms. The quantitative estimate of drug-likeness (QED) is 0.763. The first-order valence-electron chi connectivity index (χ1n) is 10.4. The van der Waals surface area contributed by atoms with Crippen LogP contribution in [0.3, 0.4) is 0 Å². The van der Waals surface area contributed by atoms with Gasteiger partial charge in [-0.25, -0.2) is 9.97 Å². The zero-order valence-electron chi connectivity index (χ0n) is 18.7. The number of aromatic nitrogens is 3. The minimum absolute atomic E-state index is 0.0546. The van der Waals surface area contributed by atoms with Crippen LogP contribution in [0.15, 0.2) is 10.7 Å². The first-order valence-corrected chi connectivity index (χ1v) is 10.4. The van der Waals surface area contributed by atoms with Gasteiger partial charge in [0.05, 0.1) is 23.0 Å². The fourth-order valence-electron chi connectivity index (χ4n) is 3.77. The molecular formula is C22H33N5O2. The second-order valence-electron chi connectivity index (χ2n) is 9.42. The van der Waals surface area contributed by atoms with Crippen LogP contribution >= 0.6 is 0 Å². The molecule has 1 aliphatic heterocycles. The van der Waals surface area contributed by atoms with E-state index in [1.165, 1.54) is 0 Å². The first kappa shape index (κ1) is 21.3. The van der Waals surface area contributed by atoms with Gasteiger partial charge < -0.3 is 14.3 Å². The summed E-state index contributed by atoms with van der Waals surface area (Å²) in [4.78, 5) is 26.5. The molecule has 3 rings (SSSR count). The van der Waals surface area contributed by atoms with Gasteiger partial charge in [-0.15, -0.1) is 0 Å². The Morgan fingerprint density at radius 3 is 2.59 bits per heavy atom. The Kier molecular flexibility index (Phi) is 5.96. The Morgan fingerprint density at radius 1 is 1.28 bits per heavy atom. The topological polar surface area (TPSA) is 75.4 Å². The van der Waals surface area contributed by atoms with Gasteiger partial charge in [-0.2, -0.15) is 0 Å². The largest absolute Gasteiger partial charge is 0.356 e. The highest BCUT2D eigenvalue weighted by Crippen LogP contribution is 2.38. The van der Waals surface area contributed by atoms with E-state index in [9.17, 15) is 4.79 Å². The summed E-state index contributed by atoms with van der Waals surface area (Å²) in [7, 11) is 3.85. The molecule has 0 bridgehead atoms. The monoisotopic (exact) mass is 399 g/mol. The smallest absolute Gasteiger partial charge is 0.225 e. The van der Waals surface area contributed by atoms with Crippen molar-refractivity contribution in [3.63, 3.8) is 0 Å². The molecule has 1 saturated heterocycles. The minimum Gasteiger partial charge on any atom is -0.356 e. The lowest BCUT2D eigenvalue weighted by Gasteiger charge is -2.37. The predicted octanol–water partition coefficient (Wildman–Crippen LogP) is 4.30. The molecule has 2 aromatic heterocycles. The van der Waals surface area contributed by atoms with Crippen molar-refractivity contribution in [2.24, 2.45) is 5.41 Å². The summed E-state index contributed by atoms with van der Waals surface area (Å²) >= 11 is 0. The second kappa shape index (κ2) is 8.13. The van der Waals surface area contributed by atoms with E-state index in [4.69, 9.17) is 9.51 Å². The third-order valence-corrected chi connectivity index (χ3v) is 5.43. The Bertz CT molecular complexity index is 882. The van der Waals surface area contributed by atoms with Crippen LogP contribution in [-0.2, 0) is 4.79 Å². The maximum Gasteiger partial charge on any atom is 0.225 e. The van der Waals surface area contributed by atoms with Crippen LogP contribution in [0.25, 0.3) is 11.3 Å². The summed E-state index contributed by atoms with van der Waals surface area (Å²) in [5, 5.41) is 4.12. The number of carbonyl (C=O) groups excluding carboxylic acids is 1. The molecule has 158 valence electrons. The summed E-state index contributed by atoms with van der Waals surface area (Å²) in [6.45, 7) is 11.0. The molecule has 0 radical (unpaired) electrons. The lowest BCUT2D eigenvalue weighted by Crippen LogP contribution is -2.40. The van der Waals surface area contributed by atoms with E-state index < -0.39 is 0 Å². The van der Waals surface area contributed by atoms with Gasteiger partial charge in [0.25, 0.3) is 0 Å². The van der Waals surface area contributed by atoms with Crippen LogP contribution in [0.5, 0.6) is 0 Å². The third kappa shape index (κ3) is 4.60. The molecule has 1 atom stereocenters. The van der Waals surface area contributed by atoms with Gasteiger partial charge in [-0.1, -0.05) is 25.9 Å². The molecule has 0 spiro atoms. The minimum atomic E-state index is -0.0832. The summed E-state index contributed by atoms with van der Waals surface area (Å²) < 4.78 is 5.64. The summed E-state index contributed by atoms with van der Waals surface area (Å²) in [6.07, 6.45) is 5.31.